The number of carboxylic acids is 1. The van der Waals surface area contributed by atoms with Crippen molar-refractivity contribution in [1.29, 1.82) is 0 Å². The molecule has 0 fully saturated rings. The second kappa shape index (κ2) is 6.63. The molecular weight excluding hydrogens is 250 g/mol. The quantitative estimate of drug-likeness (QED) is 0.723. The smallest absolute Gasteiger partial charge is 0.326 e. The number of benzene rings is 1. The van der Waals surface area contributed by atoms with Gasteiger partial charge in [0.2, 0.25) is 0 Å². The minimum atomic E-state index is -1.10. The third-order valence-electron chi connectivity index (χ3n) is 2.64. The Morgan fingerprint density at radius 1 is 1.42 bits per heavy atom. The van der Waals surface area contributed by atoms with Crippen LogP contribution in [0, 0.1) is 0 Å². The molecule has 1 atom stereocenters. The van der Waals surface area contributed by atoms with E-state index in [9.17, 15) is 14.7 Å². The number of carbonyl (C=O) groups excluding carboxylic acids is 1. The number of rotatable bonds is 6. The maximum absolute atomic E-state index is 11.9. The van der Waals surface area contributed by atoms with Crippen molar-refractivity contribution < 1.29 is 24.5 Å². The molecule has 0 bridgehead atoms. The molecule has 1 aromatic rings. The van der Waals surface area contributed by atoms with Crippen molar-refractivity contribution in [3.05, 3.63) is 23.8 Å². The first-order valence-corrected chi connectivity index (χ1v) is 5.90. The van der Waals surface area contributed by atoms with Gasteiger partial charge < -0.3 is 20.3 Å². The van der Waals surface area contributed by atoms with Crippen molar-refractivity contribution in [1.82, 2.24) is 5.32 Å². The van der Waals surface area contributed by atoms with E-state index in [1.807, 2.05) is 6.92 Å². The number of para-hydroxylation sites is 1. The summed E-state index contributed by atoms with van der Waals surface area (Å²) in [6.45, 7) is 1.82. The number of amides is 1. The van der Waals surface area contributed by atoms with E-state index in [1.54, 1.807) is 6.07 Å². The second-order valence-electron chi connectivity index (χ2n) is 4.01. The van der Waals surface area contributed by atoms with Gasteiger partial charge in [0.05, 0.1) is 12.7 Å². The molecule has 19 heavy (non-hydrogen) atoms. The maximum Gasteiger partial charge on any atom is 0.326 e. The molecule has 1 rings (SSSR count). The van der Waals surface area contributed by atoms with Gasteiger partial charge in [0.1, 0.15) is 6.04 Å². The maximum atomic E-state index is 11.9. The van der Waals surface area contributed by atoms with Crippen molar-refractivity contribution in [2.24, 2.45) is 0 Å². The highest BCUT2D eigenvalue weighted by Gasteiger charge is 2.22. The van der Waals surface area contributed by atoms with E-state index in [0.717, 1.165) is 0 Å². The zero-order valence-electron chi connectivity index (χ0n) is 10.8. The lowest BCUT2D eigenvalue weighted by Crippen LogP contribution is -2.40. The summed E-state index contributed by atoms with van der Waals surface area (Å²) in [5.41, 5.74) is -0.0123. The molecule has 0 aliphatic carbocycles. The van der Waals surface area contributed by atoms with Crippen LogP contribution in [0.15, 0.2) is 18.2 Å². The molecule has 0 aromatic heterocycles. The van der Waals surface area contributed by atoms with Gasteiger partial charge in [-0.15, -0.1) is 0 Å². The number of carboxylic acid groups (broad SMARTS) is 1. The van der Waals surface area contributed by atoms with E-state index in [-0.39, 0.29) is 17.1 Å². The van der Waals surface area contributed by atoms with Crippen molar-refractivity contribution >= 4 is 11.9 Å². The molecule has 0 aliphatic heterocycles. The van der Waals surface area contributed by atoms with E-state index < -0.39 is 17.9 Å². The largest absolute Gasteiger partial charge is 0.504 e. The Bertz CT molecular complexity index is 472. The molecule has 0 saturated carbocycles. The molecule has 0 aliphatic rings. The molecule has 1 amide bonds. The fourth-order valence-corrected chi connectivity index (χ4v) is 1.65. The van der Waals surface area contributed by atoms with Gasteiger partial charge in [-0.1, -0.05) is 19.4 Å². The summed E-state index contributed by atoms with van der Waals surface area (Å²) in [7, 11) is 1.37. The minimum absolute atomic E-state index is 0.0123. The highest BCUT2D eigenvalue weighted by Crippen LogP contribution is 2.29. The molecule has 0 radical (unpaired) electrons. The van der Waals surface area contributed by atoms with Crippen molar-refractivity contribution in [2.45, 2.75) is 25.8 Å². The summed E-state index contributed by atoms with van der Waals surface area (Å²) in [5, 5.41) is 21.1. The van der Waals surface area contributed by atoms with Crippen molar-refractivity contribution in [3.63, 3.8) is 0 Å². The monoisotopic (exact) mass is 267 g/mol. The molecule has 6 heteroatoms. The molecule has 0 unspecified atom stereocenters. The first kappa shape index (κ1) is 14.8. The van der Waals surface area contributed by atoms with E-state index >= 15 is 0 Å². The average molecular weight is 267 g/mol. The van der Waals surface area contributed by atoms with Gasteiger partial charge >= 0.3 is 5.97 Å². The van der Waals surface area contributed by atoms with Crippen LogP contribution in [0.4, 0.5) is 0 Å². The van der Waals surface area contributed by atoms with Gasteiger partial charge in [-0.2, -0.15) is 0 Å². The molecule has 1 aromatic carbocycles. The lowest BCUT2D eigenvalue weighted by molar-refractivity contribution is -0.139. The molecule has 0 saturated heterocycles. The second-order valence-corrected chi connectivity index (χ2v) is 4.01. The normalized spacial score (nSPS) is 11.7. The number of hydrogen-bond donors (Lipinski definition) is 3. The standard InChI is InChI=1S/C13H17NO5/c1-3-5-9(13(17)18)14-12(16)8-6-4-7-10(19-2)11(8)15/h4,6-7,9,15H,3,5H2,1-2H3,(H,14,16)(H,17,18)/t9-/m1/s1. The van der Waals surface area contributed by atoms with E-state index in [2.05, 4.69) is 5.32 Å². The van der Waals surface area contributed by atoms with Crippen LogP contribution < -0.4 is 10.1 Å². The lowest BCUT2D eigenvalue weighted by Gasteiger charge is -2.14. The van der Waals surface area contributed by atoms with Gasteiger partial charge in [0.25, 0.3) is 5.91 Å². The Kier molecular flexibility index (Phi) is 5.17. The van der Waals surface area contributed by atoms with Gasteiger partial charge in [-0.05, 0) is 18.6 Å². The summed E-state index contributed by atoms with van der Waals surface area (Å²) in [6, 6.07) is 3.48. The zero-order chi connectivity index (χ0) is 14.4. The Balaban J connectivity index is 2.91. The number of ether oxygens (including phenoxy) is 1. The predicted molar refractivity (Wildman–Crippen MR) is 68.5 cm³/mol. The molecule has 0 spiro atoms. The number of phenolic OH excluding ortho intramolecular Hbond substituents is 1. The van der Waals surface area contributed by atoms with Crippen LogP contribution in [0.5, 0.6) is 11.5 Å². The Labute approximate surface area is 111 Å². The van der Waals surface area contributed by atoms with E-state index in [4.69, 9.17) is 9.84 Å². The first-order valence-electron chi connectivity index (χ1n) is 5.90. The zero-order valence-corrected chi connectivity index (χ0v) is 10.8. The SMILES string of the molecule is CCC[C@@H](NC(=O)c1cccc(OC)c1O)C(=O)O. The molecule has 3 N–H and O–H groups in total. The molecule has 6 nitrogen and oxygen atoms in total. The van der Waals surface area contributed by atoms with Crippen LogP contribution in [-0.4, -0.2) is 35.2 Å². The Hall–Kier alpha value is -2.24. The minimum Gasteiger partial charge on any atom is -0.504 e. The third kappa shape index (κ3) is 3.61. The number of hydrogen-bond acceptors (Lipinski definition) is 4. The van der Waals surface area contributed by atoms with Crippen LogP contribution in [0.2, 0.25) is 0 Å². The summed E-state index contributed by atoms with van der Waals surface area (Å²) in [4.78, 5) is 22.9. The fraction of sp³-hybridized carbons (Fsp3) is 0.385. The molecule has 104 valence electrons. The highest BCUT2D eigenvalue weighted by atomic mass is 16.5. The predicted octanol–water partition coefficient (Wildman–Crippen LogP) is 1.38. The summed E-state index contributed by atoms with van der Waals surface area (Å²) in [5.74, 6) is -1.88. The lowest BCUT2D eigenvalue weighted by atomic mass is 10.1. The van der Waals surface area contributed by atoms with Crippen LogP contribution in [0.3, 0.4) is 0 Å². The van der Waals surface area contributed by atoms with Gasteiger partial charge in [-0.3, -0.25) is 4.79 Å². The average Bonchev–Trinajstić information content (AvgIpc) is 2.38. The van der Waals surface area contributed by atoms with Crippen molar-refractivity contribution in [2.75, 3.05) is 7.11 Å². The number of aliphatic carboxylic acids is 1. The first-order chi connectivity index (χ1) is 9.01. The number of aromatic hydroxyl groups is 1. The van der Waals surface area contributed by atoms with Crippen LogP contribution >= 0.6 is 0 Å². The van der Waals surface area contributed by atoms with Crippen LogP contribution in [0.1, 0.15) is 30.1 Å². The number of nitrogens with one attached hydrogen (secondary N) is 1. The van der Waals surface area contributed by atoms with Crippen LogP contribution in [-0.2, 0) is 4.79 Å². The molecule has 0 heterocycles. The topological polar surface area (TPSA) is 95.9 Å². The highest BCUT2D eigenvalue weighted by molar-refractivity contribution is 5.99. The fourth-order valence-electron chi connectivity index (χ4n) is 1.65. The third-order valence-corrected chi connectivity index (χ3v) is 2.64. The van der Waals surface area contributed by atoms with Crippen molar-refractivity contribution in [3.8, 4) is 11.5 Å². The van der Waals surface area contributed by atoms with Gasteiger partial charge in [0, 0.05) is 0 Å². The van der Waals surface area contributed by atoms with E-state index in [1.165, 1.54) is 19.2 Å². The summed E-state index contributed by atoms with van der Waals surface area (Å²) >= 11 is 0. The van der Waals surface area contributed by atoms with Crippen LogP contribution in [0.25, 0.3) is 0 Å². The number of methoxy groups -OCH3 is 1. The number of carbonyl (C=O) groups is 2. The Morgan fingerprint density at radius 2 is 2.11 bits per heavy atom. The van der Waals surface area contributed by atoms with E-state index in [0.29, 0.717) is 12.8 Å². The summed E-state index contributed by atoms with van der Waals surface area (Å²) in [6.07, 6.45) is 0.952. The Morgan fingerprint density at radius 3 is 2.63 bits per heavy atom. The molecular formula is C13H17NO5. The van der Waals surface area contributed by atoms with Gasteiger partial charge in [0.15, 0.2) is 11.5 Å². The van der Waals surface area contributed by atoms with Gasteiger partial charge in [-0.25, -0.2) is 4.79 Å². The summed E-state index contributed by atoms with van der Waals surface area (Å²) < 4.78 is 4.89. The number of phenols is 1.